The van der Waals surface area contributed by atoms with E-state index in [1.807, 2.05) is 19.1 Å². The molecule has 0 bridgehead atoms. The van der Waals surface area contributed by atoms with Gasteiger partial charge in [-0.1, -0.05) is 12.1 Å². The van der Waals surface area contributed by atoms with Crippen LogP contribution in [0.2, 0.25) is 0 Å². The number of aryl methyl sites for hydroxylation is 1. The molecule has 17 heavy (non-hydrogen) atoms. The summed E-state index contributed by atoms with van der Waals surface area (Å²) in [4.78, 5) is 4.45. The highest BCUT2D eigenvalue weighted by Gasteiger charge is 2.07. The van der Waals surface area contributed by atoms with E-state index in [9.17, 15) is 5.11 Å². The Kier molecular flexibility index (Phi) is 3.76. The Morgan fingerprint density at radius 3 is 2.65 bits per heavy atom. The molecule has 2 N–H and O–H groups in total. The molecule has 0 amide bonds. The molecule has 0 aliphatic heterocycles. The summed E-state index contributed by atoms with van der Waals surface area (Å²) in [6.45, 7) is 4.90. The zero-order chi connectivity index (χ0) is 12.3. The number of phenolic OH excluding ortho intramolecular Hbond substituents is 1. The molecule has 1 aromatic heterocycles. The van der Waals surface area contributed by atoms with Gasteiger partial charge in [-0.2, -0.15) is 0 Å². The van der Waals surface area contributed by atoms with Gasteiger partial charge in [-0.3, -0.25) is 0 Å². The lowest BCUT2D eigenvalue weighted by Gasteiger charge is -2.11. The van der Waals surface area contributed by atoms with Crippen LogP contribution in [0.3, 0.4) is 0 Å². The molecule has 2 rings (SSSR count). The first-order chi connectivity index (χ1) is 8.15. The molecule has 0 fully saturated rings. The van der Waals surface area contributed by atoms with Crippen LogP contribution in [-0.2, 0) is 6.54 Å². The van der Waals surface area contributed by atoms with E-state index in [0.29, 0.717) is 5.75 Å². The molecule has 1 aromatic carbocycles. The van der Waals surface area contributed by atoms with Crippen LogP contribution in [-0.4, -0.2) is 10.1 Å². The van der Waals surface area contributed by atoms with Crippen LogP contribution < -0.4 is 5.32 Å². The van der Waals surface area contributed by atoms with E-state index >= 15 is 0 Å². The number of phenols is 1. The average molecular weight is 248 g/mol. The number of rotatable bonds is 4. The molecule has 3 nitrogen and oxygen atoms in total. The van der Waals surface area contributed by atoms with Crippen molar-refractivity contribution in [1.82, 2.24) is 10.3 Å². The fourth-order valence-electron chi connectivity index (χ4n) is 1.57. The summed E-state index contributed by atoms with van der Waals surface area (Å²) in [5, 5.41) is 15.8. The maximum atomic E-state index is 9.19. The van der Waals surface area contributed by atoms with Gasteiger partial charge in [0.1, 0.15) is 5.75 Å². The molecule has 0 spiro atoms. The molecule has 2 aromatic rings. The van der Waals surface area contributed by atoms with Crippen molar-refractivity contribution in [3.05, 3.63) is 45.9 Å². The van der Waals surface area contributed by atoms with Gasteiger partial charge in [-0.25, -0.2) is 4.98 Å². The van der Waals surface area contributed by atoms with Gasteiger partial charge >= 0.3 is 0 Å². The van der Waals surface area contributed by atoms with Crippen LogP contribution in [0.5, 0.6) is 5.75 Å². The monoisotopic (exact) mass is 248 g/mol. The van der Waals surface area contributed by atoms with Crippen molar-refractivity contribution >= 4 is 11.3 Å². The van der Waals surface area contributed by atoms with Crippen LogP contribution in [0, 0.1) is 6.92 Å². The number of thiazole rings is 1. The molecule has 0 saturated heterocycles. The van der Waals surface area contributed by atoms with Crippen LogP contribution in [0.15, 0.2) is 29.6 Å². The fraction of sp³-hybridized carbons (Fsp3) is 0.308. The first kappa shape index (κ1) is 12.1. The number of hydrogen-bond acceptors (Lipinski definition) is 4. The molecular formula is C13H16N2OS. The van der Waals surface area contributed by atoms with Crippen molar-refractivity contribution in [2.75, 3.05) is 0 Å². The van der Waals surface area contributed by atoms with Crippen molar-refractivity contribution < 1.29 is 5.11 Å². The normalized spacial score (nSPS) is 12.6. The molecule has 0 aliphatic carbocycles. The highest BCUT2D eigenvalue weighted by Crippen LogP contribution is 2.16. The summed E-state index contributed by atoms with van der Waals surface area (Å²) >= 11 is 1.67. The van der Waals surface area contributed by atoms with Crippen molar-refractivity contribution in [1.29, 1.82) is 0 Å². The predicted octanol–water partition coefficient (Wildman–Crippen LogP) is 3.01. The van der Waals surface area contributed by atoms with Crippen LogP contribution in [0.4, 0.5) is 0 Å². The predicted molar refractivity (Wildman–Crippen MR) is 70.2 cm³/mol. The Balaban J connectivity index is 1.92. The third-order valence-electron chi connectivity index (χ3n) is 2.63. The van der Waals surface area contributed by atoms with E-state index in [1.54, 1.807) is 23.5 Å². The zero-order valence-corrected chi connectivity index (χ0v) is 10.8. The second kappa shape index (κ2) is 5.29. The minimum absolute atomic E-state index is 0.244. The first-order valence-electron chi connectivity index (χ1n) is 5.58. The molecule has 1 heterocycles. The molecule has 0 aliphatic rings. The maximum absolute atomic E-state index is 9.19. The Morgan fingerprint density at radius 2 is 2.06 bits per heavy atom. The minimum atomic E-state index is 0.244. The number of benzene rings is 1. The SMILES string of the molecule is Cc1nc(C(C)NCc2ccc(O)cc2)cs1. The molecule has 0 saturated carbocycles. The van der Waals surface area contributed by atoms with Crippen molar-refractivity contribution in [3.8, 4) is 5.75 Å². The summed E-state index contributed by atoms with van der Waals surface area (Å²) in [6, 6.07) is 7.49. The molecule has 0 radical (unpaired) electrons. The van der Waals surface area contributed by atoms with Gasteiger partial charge in [0.05, 0.1) is 10.7 Å². The largest absolute Gasteiger partial charge is 0.508 e. The quantitative estimate of drug-likeness (QED) is 0.874. The van der Waals surface area contributed by atoms with Crippen molar-refractivity contribution in [2.24, 2.45) is 0 Å². The lowest BCUT2D eigenvalue weighted by Crippen LogP contribution is -2.18. The van der Waals surface area contributed by atoms with Gasteiger partial charge in [-0.15, -0.1) is 11.3 Å². The van der Waals surface area contributed by atoms with E-state index < -0.39 is 0 Å². The van der Waals surface area contributed by atoms with E-state index in [4.69, 9.17) is 0 Å². The molecule has 90 valence electrons. The van der Waals surface area contributed by atoms with Crippen LogP contribution in [0.25, 0.3) is 0 Å². The van der Waals surface area contributed by atoms with Gasteiger partial charge in [0, 0.05) is 18.0 Å². The minimum Gasteiger partial charge on any atom is -0.508 e. The Hall–Kier alpha value is -1.39. The molecule has 4 heteroatoms. The number of nitrogens with one attached hydrogen (secondary N) is 1. The smallest absolute Gasteiger partial charge is 0.115 e. The molecule has 1 unspecified atom stereocenters. The fourth-order valence-corrected chi connectivity index (χ4v) is 2.27. The number of aromatic hydroxyl groups is 1. The summed E-state index contributed by atoms with van der Waals surface area (Å²) < 4.78 is 0. The summed E-state index contributed by atoms with van der Waals surface area (Å²) in [5.74, 6) is 0.303. The molecular weight excluding hydrogens is 232 g/mol. The van der Waals surface area contributed by atoms with Gasteiger partial charge in [0.25, 0.3) is 0 Å². The third-order valence-corrected chi connectivity index (χ3v) is 3.42. The van der Waals surface area contributed by atoms with Crippen molar-refractivity contribution in [2.45, 2.75) is 26.4 Å². The third kappa shape index (κ3) is 3.28. The van der Waals surface area contributed by atoms with E-state index in [0.717, 1.165) is 22.8 Å². The van der Waals surface area contributed by atoms with E-state index in [1.165, 1.54) is 0 Å². The first-order valence-corrected chi connectivity index (χ1v) is 6.46. The zero-order valence-electron chi connectivity index (χ0n) is 9.97. The van der Waals surface area contributed by atoms with Gasteiger partial charge in [-0.05, 0) is 31.5 Å². The summed E-state index contributed by atoms with van der Waals surface area (Å²) in [6.07, 6.45) is 0. The number of hydrogen-bond donors (Lipinski definition) is 2. The second-order valence-corrected chi connectivity index (χ2v) is 5.12. The topological polar surface area (TPSA) is 45.2 Å². The summed E-state index contributed by atoms with van der Waals surface area (Å²) in [7, 11) is 0. The number of nitrogens with zero attached hydrogens (tertiary/aromatic N) is 1. The maximum Gasteiger partial charge on any atom is 0.115 e. The number of aromatic nitrogens is 1. The van der Waals surface area contributed by atoms with E-state index in [-0.39, 0.29) is 6.04 Å². The highest BCUT2D eigenvalue weighted by atomic mass is 32.1. The van der Waals surface area contributed by atoms with Gasteiger partial charge in [0.15, 0.2) is 0 Å². The Morgan fingerprint density at radius 1 is 1.35 bits per heavy atom. The second-order valence-electron chi connectivity index (χ2n) is 4.06. The van der Waals surface area contributed by atoms with Gasteiger partial charge in [0.2, 0.25) is 0 Å². The average Bonchev–Trinajstić information content (AvgIpc) is 2.75. The van der Waals surface area contributed by atoms with Crippen molar-refractivity contribution in [3.63, 3.8) is 0 Å². The van der Waals surface area contributed by atoms with Crippen LogP contribution in [0.1, 0.15) is 29.2 Å². The Labute approximate surface area is 105 Å². The highest BCUT2D eigenvalue weighted by molar-refractivity contribution is 7.09. The van der Waals surface area contributed by atoms with Crippen LogP contribution >= 0.6 is 11.3 Å². The molecule has 1 atom stereocenters. The standard InChI is InChI=1S/C13H16N2OS/c1-9(13-8-17-10(2)15-13)14-7-11-3-5-12(16)6-4-11/h3-6,8-9,14,16H,7H2,1-2H3. The summed E-state index contributed by atoms with van der Waals surface area (Å²) in [5.41, 5.74) is 2.24. The van der Waals surface area contributed by atoms with E-state index in [2.05, 4.69) is 22.6 Å². The lowest BCUT2D eigenvalue weighted by atomic mass is 10.2. The Bertz CT molecular complexity index is 478. The lowest BCUT2D eigenvalue weighted by molar-refractivity contribution is 0.474. The van der Waals surface area contributed by atoms with Gasteiger partial charge < -0.3 is 10.4 Å².